The third-order valence-electron chi connectivity index (χ3n) is 2.78. The van der Waals surface area contributed by atoms with Gasteiger partial charge in [-0.1, -0.05) is 13.8 Å². The molecule has 0 aromatic carbocycles. The summed E-state index contributed by atoms with van der Waals surface area (Å²) in [4.78, 5) is 11.0. The Labute approximate surface area is 91.4 Å². The number of carboxylic acid groups (broad SMARTS) is 1. The van der Waals surface area contributed by atoms with Gasteiger partial charge in [0, 0.05) is 6.04 Å². The minimum atomic E-state index is -0.720. The van der Waals surface area contributed by atoms with Crippen molar-refractivity contribution in [3.05, 3.63) is 0 Å². The maximum Gasteiger partial charge on any atom is 0.320 e. The van der Waals surface area contributed by atoms with Crippen LogP contribution >= 0.6 is 0 Å². The number of carbonyl (C=O) groups is 1. The van der Waals surface area contributed by atoms with Crippen molar-refractivity contribution in [3.63, 3.8) is 0 Å². The SMILES string of the molecule is CC(C)CC(NC1CCNCC1)C(=O)O. The maximum atomic E-state index is 11.0. The highest BCUT2D eigenvalue weighted by Gasteiger charge is 2.23. The molecule has 1 fully saturated rings. The van der Waals surface area contributed by atoms with E-state index in [0.717, 1.165) is 25.9 Å². The largest absolute Gasteiger partial charge is 0.480 e. The summed E-state index contributed by atoms with van der Waals surface area (Å²) >= 11 is 0. The van der Waals surface area contributed by atoms with Crippen LogP contribution in [0.15, 0.2) is 0 Å². The maximum absolute atomic E-state index is 11.0. The molecule has 4 heteroatoms. The normalized spacial score (nSPS) is 20.5. The molecule has 0 bridgehead atoms. The van der Waals surface area contributed by atoms with Gasteiger partial charge in [-0.2, -0.15) is 0 Å². The summed E-state index contributed by atoms with van der Waals surface area (Å²) in [6.07, 6.45) is 2.77. The molecule has 1 unspecified atom stereocenters. The lowest BCUT2D eigenvalue weighted by Gasteiger charge is -2.27. The Kier molecular flexibility index (Phi) is 5.05. The van der Waals surface area contributed by atoms with Crippen LogP contribution in [0.4, 0.5) is 0 Å². The lowest BCUT2D eigenvalue weighted by atomic mass is 10.0. The van der Waals surface area contributed by atoms with Gasteiger partial charge in [-0.25, -0.2) is 0 Å². The Morgan fingerprint density at radius 1 is 1.47 bits per heavy atom. The number of piperidine rings is 1. The molecule has 1 atom stereocenters. The second-order valence-corrected chi connectivity index (χ2v) is 4.71. The fourth-order valence-electron chi connectivity index (χ4n) is 1.98. The molecular weight excluding hydrogens is 192 g/mol. The van der Waals surface area contributed by atoms with Crippen LogP contribution in [-0.2, 0) is 4.79 Å². The third kappa shape index (κ3) is 4.62. The Balaban J connectivity index is 2.38. The van der Waals surface area contributed by atoms with Crippen molar-refractivity contribution in [3.8, 4) is 0 Å². The quantitative estimate of drug-likeness (QED) is 0.634. The van der Waals surface area contributed by atoms with Crippen LogP contribution in [0.2, 0.25) is 0 Å². The molecule has 3 N–H and O–H groups in total. The molecule has 1 aliphatic rings. The first kappa shape index (κ1) is 12.5. The van der Waals surface area contributed by atoms with Crippen molar-refractivity contribution >= 4 is 5.97 Å². The first-order chi connectivity index (χ1) is 7.09. The second kappa shape index (κ2) is 6.08. The van der Waals surface area contributed by atoms with Crippen LogP contribution in [0.25, 0.3) is 0 Å². The van der Waals surface area contributed by atoms with E-state index in [2.05, 4.69) is 24.5 Å². The Morgan fingerprint density at radius 2 is 2.07 bits per heavy atom. The topological polar surface area (TPSA) is 61.4 Å². The average molecular weight is 214 g/mol. The molecular formula is C11H22N2O2. The van der Waals surface area contributed by atoms with Gasteiger partial charge >= 0.3 is 5.97 Å². The van der Waals surface area contributed by atoms with E-state index in [-0.39, 0.29) is 6.04 Å². The van der Waals surface area contributed by atoms with Crippen LogP contribution in [0.1, 0.15) is 33.1 Å². The number of hydrogen-bond donors (Lipinski definition) is 3. The van der Waals surface area contributed by atoms with E-state index < -0.39 is 5.97 Å². The van der Waals surface area contributed by atoms with Crippen molar-refractivity contribution in [2.75, 3.05) is 13.1 Å². The smallest absolute Gasteiger partial charge is 0.320 e. The van der Waals surface area contributed by atoms with E-state index in [1.807, 2.05) is 0 Å². The lowest BCUT2D eigenvalue weighted by molar-refractivity contribution is -0.140. The van der Waals surface area contributed by atoms with Gasteiger partial charge in [0.25, 0.3) is 0 Å². The Bertz CT molecular complexity index is 201. The van der Waals surface area contributed by atoms with Crippen molar-refractivity contribution in [1.29, 1.82) is 0 Å². The minimum Gasteiger partial charge on any atom is -0.480 e. The van der Waals surface area contributed by atoms with Crippen molar-refractivity contribution in [2.45, 2.75) is 45.2 Å². The lowest BCUT2D eigenvalue weighted by Crippen LogP contribution is -2.48. The molecule has 4 nitrogen and oxygen atoms in total. The zero-order valence-electron chi connectivity index (χ0n) is 9.62. The van der Waals surface area contributed by atoms with Crippen molar-refractivity contribution in [2.24, 2.45) is 5.92 Å². The van der Waals surface area contributed by atoms with Crippen molar-refractivity contribution < 1.29 is 9.90 Å². The van der Waals surface area contributed by atoms with Gasteiger partial charge < -0.3 is 15.7 Å². The second-order valence-electron chi connectivity index (χ2n) is 4.71. The van der Waals surface area contributed by atoms with E-state index in [4.69, 9.17) is 5.11 Å². The van der Waals surface area contributed by atoms with Crippen LogP contribution < -0.4 is 10.6 Å². The summed E-state index contributed by atoms with van der Waals surface area (Å²) in [5.41, 5.74) is 0. The Hall–Kier alpha value is -0.610. The Morgan fingerprint density at radius 3 is 2.53 bits per heavy atom. The van der Waals surface area contributed by atoms with Crippen LogP contribution in [-0.4, -0.2) is 36.2 Å². The molecule has 0 amide bonds. The highest BCUT2D eigenvalue weighted by atomic mass is 16.4. The van der Waals surface area contributed by atoms with Gasteiger partial charge in [0.15, 0.2) is 0 Å². The average Bonchev–Trinajstić information content (AvgIpc) is 2.17. The number of nitrogens with one attached hydrogen (secondary N) is 2. The summed E-state index contributed by atoms with van der Waals surface area (Å²) in [7, 11) is 0. The zero-order chi connectivity index (χ0) is 11.3. The summed E-state index contributed by atoms with van der Waals surface area (Å²) in [6.45, 7) is 6.09. The molecule has 0 aromatic heterocycles. The van der Waals surface area contributed by atoms with Crippen LogP contribution in [0, 0.1) is 5.92 Å². The van der Waals surface area contributed by atoms with Gasteiger partial charge in [0.2, 0.25) is 0 Å². The molecule has 0 spiro atoms. The predicted octanol–water partition coefficient (Wildman–Crippen LogP) is 0.827. The van der Waals surface area contributed by atoms with E-state index in [1.54, 1.807) is 0 Å². The monoisotopic (exact) mass is 214 g/mol. The zero-order valence-corrected chi connectivity index (χ0v) is 9.62. The fourth-order valence-corrected chi connectivity index (χ4v) is 1.98. The highest BCUT2D eigenvalue weighted by Crippen LogP contribution is 2.09. The molecule has 0 radical (unpaired) electrons. The molecule has 15 heavy (non-hydrogen) atoms. The standard InChI is InChI=1S/C11H22N2O2/c1-8(2)7-10(11(14)15)13-9-3-5-12-6-4-9/h8-10,12-13H,3-7H2,1-2H3,(H,14,15). The number of carboxylic acids is 1. The summed E-state index contributed by atoms with van der Waals surface area (Å²) in [6, 6.07) is -0.0146. The molecule has 1 heterocycles. The molecule has 1 rings (SSSR count). The molecule has 0 saturated carbocycles. The van der Waals surface area contributed by atoms with E-state index in [1.165, 1.54) is 0 Å². The molecule has 0 aromatic rings. The first-order valence-corrected chi connectivity index (χ1v) is 5.79. The number of hydrogen-bond acceptors (Lipinski definition) is 3. The molecule has 0 aliphatic carbocycles. The number of aliphatic carboxylic acids is 1. The number of rotatable bonds is 5. The van der Waals surface area contributed by atoms with Gasteiger partial charge in [-0.15, -0.1) is 0 Å². The minimum absolute atomic E-state index is 0.367. The van der Waals surface area contributed by atoms with Gasteiger partial charge in [0.1, 0.15) is 6.04 Å². The van der Waals surface area contributed by atoms with E-state index >= 15 is 0 Å². The van der Waals surface area contributed by atoms with Crippen LogP contribution in [0.5, 0.6) is 0 Å². The molecule has 1 aliphatic heterocycles. The van der Waals surface area contributed by atoms with Crippen LogP contribution in [0.3, 0.4) is 0 Å². The predicted molar refractivity (Wildman–Crippen MR) is 59.9 cm³/mol. The summed E-state index contributed by atoms with van der Waals surface area (Å²) in [5, 5.41) is 15.6. The van der Waals surface area contributed by atoms with Gasteiger partial charge in [-0.05, 0) is 38.3 Å². The molecule has 1 saturated heterocycles. The first-order valence-electron chi connectivity index (χ1n) is 5.79. The van der Waals surface area contributed by atoms with Crippen molar-refractivity contribution in [1.82, 2.24) is 10.6 Å². The van der Waals surface area contributed by atoms with Gasteiger partial charge in [0.05, 0.1) is 0 Å². The van der Waals surface area contributed by atoms with Gasteiger partial charge in [-0.3, -0.25) is 4.79 Å². The van der Waals surface area contributed by atoms with E-state index in [9.17, 15) is 4.79 Å². The summed E-state index contributed by atoms with van der Waals surface area (Å²) in [5.74, 6) is -0.303. The molecule has 88 valence electrons. The van der Waals surface area contributed by atoms with E-state index in [0.29, 0.717) is 18.4 Å². The summed E-state index contributed by atoms with van der Waals surface area (Å²) < 4.78 is 0. The highest BCUT2D eigenvalue weighted by molar-refractivity contribution is 5.73. The fraction of sp³-hybridized carbons (Fsp3) is 0.909. The third-order valence-corrected chi connectivity index (χ3v) is 2.78.